The highest BCUT2D eigenvalue weighted by Crippen LogP contribution is 2.19. The van der Waals surface area contributed by atoms with Crippen molar-refractivity contribution in [3.63, 3.8) is 0 Å². The Morgan fingerprint density at radius 1 is 1.29 bits per heavy atom. The SMILES string of the molecule is C[C@H](Cc1ccccc1)NC1CCC1. The molecule has 1 nitrogen and oxygen atoms in total. The topological polar surface area (TPSA) is 12.0 Å². The van der Waals surface area contributed by atoms with Crippen LogP contribution in [0.3, 0.4) is 0 Å². The third-order valence-corrected chi connectivity index (χ3v) is 3.01. The van der Waals surface area contributed by atoms with E-state index in [1.165, 1.54) is 24.8 Å². The van der Waals surface area contributed by atoms with Gasteiger partial charge in [0.2, 0.25) is 0 Å². The first-order chi connectivity index (χ1) is 6.84. The van der Waals surface area contributed by atoms with Gasteiger partial charge in [0.1, 0.15) is 0 Å². The summed E-state index contributed by atoms with van der Waals surface area (Å²) >= 11 is 0. The molecule has 1 N–H and O–H groups in total. The summed E-state index contributed by atoms with van der Waals surface area (Å²) in [5.41, 5.74) is 1.44. The van der Waals surface area contributed by atoms with Crippen molar-refractivity contribution >= 4 is 0 Å². The van der Waals surface area contributed by atoms with Crippen LogP contribution in [0, 0.1) is 0 Å². The number of hydrogen-bond donors (Lipinski definition) is 1. The van der Waals surface area contributed by atoms with Crippen molar-refractivity contribution in [2.24, 2.45) is 0 Å². The molecule has 1 atom stereocenters. The second kappa shape index (κ2) is 4.61. The zero-order chi connectivity index (χ0) is 9.80. The van der Waals surface area contributed by atoms with Gasteiger partial charge in [-0.05, 0) is 31.7 Å². The Morgan fingerprint density at radius 3 is 2.57 bits per heavy atom. The first-order valence-electron chi connectivity index (χ1n) is 5.64. The van der Waals surface area contributed by atoms with Crippen LogP contribution in [0.2, 0.25) is 0 Å². The maximum absolute atomic E-state index is 3.66. The Morgan fingerprint density at radius 2 is 2.00 bits per heavy atom. The predicted octanol–water partition coefficient (Wildman–Crippen LogP) is 2.76. The van der Waals surface area contributed by atoms with Crippen LogP contribution in [0.15, 0.2) is 30.3 Å². The molecule has 14 heavy (non-hydrogen) atoms. The summed E-state index contributed by atoms with van der Waals surface area (Å²) in [5.74, 6) is 0. The van der Waals surface area contributed by atoms with Crippen LogP contribution in [0.4, 0.5) is 0 Å². The first-order valence-corrected chi connectivity index (χ1v) is 5.64. The molecule has 0 amide bonds. The highest BCUT2D eigenvalue weighted by atomic mass is 15.0. The van der Waals surface area contributed by atoms with E-state index in [4.69, 9.17) is 0 Å². The Balaban J connectivity index is 1.79. The van der Waals surface area contributed by atoms with Gasteiger partial charge in [-0.1, -0.05) is 36.8 Å². The van der Waals surface area contributed by atoms with E-state index in [1.54, 1.807) is 0 Å². The third-order valence-electron chi connectivity index (χ3n) is 3.01. The lowest BCUT2D eigenvalue weighted by molar-refractivity contribution is 0.310. The van der Waals surface area contributed by atoms with Gasteiger partial charge in [0, 0.05) is 12.1 Å². The van der Waals surface area contributed by atoms with Crippen molar-refractivity contribution in [1.82, 2.24) is 5.32 Å². The van der Waals surface area contributed by atoms with Crippen LogP contribution < -0.4 is 5.32 Å². The van der Waals surface area contributed by atoms with Gasteiger partial charge in [0.25, 0.3) is 0 Å². The van der Waals surface area contributed by atoms with Crippen LogP contribution in [0.1, 0.15) is 31.7 Å². The molecule has 1 aliphatic carbocycles. The lowest BCUT2D eigenvalue weighted by Gasteiger charge is -2.30. The van der Waals surface area contributed by atoms with Gasteiger partial charge in [0.05, 0.1) is 0 Å². The highest BCUT2D eigenvalue weighted by Gasteiger charge is 2.18. The van der Waals surface area contributed by atoms with E-state index < -0.39 is 0 Å². The molecule has 1 aromatic rings. The van der Waals surface area contributed by atoms with Gasteiger partial charge >= 0.3 is 0 Å². The lowest BCUT2D eigenvalue weighted by Crippen LogP contribution is -2.41. The zero-order valence-corrected chi connectivity index (χ0v) is 8.87. The summed E-state index contributed by atoms with van der Waals surface area (Å²) in [6.07, 6.45) is 5.31. The van der Waals surface area contributed by atoms with Gasteiger partial charge in [-0.25, -0.2) is 0 Å². The number of hydrogen-bond acceptors (Lipinski definition) is 1. The Kier molecular flexibility index (Phi) is 3.20. The molecule has 2 rings (SSSR count). The third kappa shape index (κ3) is 2.58. The summed E-state index contributed by atoms with van der Waals surface area (Å²) in [6, 6.07) is 12.1. The fraction of sp³-hybridized carbons (Fsp3) is 0.538. The second-order valence-corrected chi connectivity index (χ2v) is 4.39. The lowest BCUT2D eigenvalue weighted by atomic mass is 9.92. The fourth-order valence-corrected chi connectivity index (χ4v) is 2.00. The molecular weight excluding hydrogens is 170 g/mol. The smallest absolute Gasteiger partial charge is 0.00817 e. The second-order valence-electron chi connectivity index (χ2n) is 4.39. The molecule has 1 heteroatoms. The molecule has 0 unspecified atom stereocenters. The first kappa shape index (κ1) is 9.72. The molecule has 1 fully saturated rings. The summed E-state index contributed by atoms with van der Waals surface area (Å²) in [7, 11) is 0. The normalized spacial score (nSPS) is 18.9. The van der Waals surface area contributed by atoms with Gasteiger partial charge < -0.3 is 5.32 Å². The molecule has 0 bridgehead atoms. The van der Waals surface area contributed by atoms with Crippen LogP contribution in [-0.2, 0) is 6.42 Å². The number of rotatable bonds is 4. The van der Waals surface area contributed by atoms with Gasteiger partial charge in [-0.3, -0.25) is 0 Å². The molecule has 0 saturated heterocycles. The number of benzene rings is 1. The molecule has 1 aromatic carbocycles. The molecule has 0 aromatic heterocycles. The van der Waals surface area contributed by atoms with Crippen molar-refractivity contribution in [2.45, 2.75) is 44.7 Å². The van der Waals surface area contributed by atoms with Crippen molar-refractivity contribution in [1.29, 1.82) is 0 Å². The monoisotopic (exact) mass is 189 g/mol. The van der Waals surface area contributed by atoms with Crippen molar-refractivity contribution in [3.8, 4) is 0 Å². The van der Waals surface area contributed by atoms with Crippen LogP contribution in [0.5, 0.6) is 0 Å². The van der Waals surface area contributed by atoms with Gasteiger partial charge in [-0.2, -0.15) is 0 Å². The van der Waals surface area contributed by atoms with E-state index in [9.17, 15) is 0 Å². The van der Waals surface area contributed by atoms with Crippen molar-refractivity contribution in [2.75, 3.05) is 0 Å². The quantitative estimate of drug-likeness (QED) is 0.768. The molecule has 0 aliphatic heterocycles. The van der Waals surface area contributed by atoms with Gasteiger partial charge in [-0.15, -0.1) is 0 Å². The Bertz CT molecular complexity index is 264. The molecule has 0 heterocycles. The molecule has 0 radical (unpaired) electrons. The minimum absolute atomic E-state index is 0.614. The maximum atomic E-state index is 3.66. The largest absolute Gasteiger partial charge is 0.311 e. The fourth-order valence-electron chi connectivity index (χ4n) is 2.00. The Hall–Kier alpha value is -0.820. The molecule has 76 valence electrons. The molecule has 0 spiro atoms. The summed E-state index contributed by atoms with van der Waals surface area (Å²) in [5, 5.41) is 3.66. The zero-order valence-electron chi connectivity index (χ0n) is 8.87. The average molecular weight is 189 g/mol. The van der Waals surface area contributed by atoms with E-state index in [0.29, 0.717) is 6.04 Å². The highest BCUT2D eigenvalue weighted by molar-refractivity contribution is 5.15. The predicted molar refractivity (Wildman–Crippen MR) is 60.4 cm³/mol. The van der Waals surface area contributed by atoms with E-state index in [1.807, 2.05) is 0 Å². The van der Waals surface area contributed by atoms with Crippen molar-refractivity contribution in [3.05, 3.63) is 35.9 Å². The number of nitrogens with one attached hydrogen (secondary N) is 1. The van der Waals surface area contributed by atoms with E-state index >= 15 is 0 Å². The Labute approximate surface area is 86.5 Å². The van der Waals surface area contributed by atoms with Crippen LogP contribution >= 0.6 is 0 Å². The summed E-state index contributed by atoms with van der Waals surface area (Å²) < 4.78 is 0. The minimum atomic E-state index is 0.614. The summed E-state index contributed by atoms with van der Waals surface area (Å²) in [6.45, 7) is 2.28. The van der Waals surface area contributed by atoms with Crippen LogP contribution in [-0.4, -0.2) is 12.1 Å². The molecule has 1 saturated carbocycles. The van der Waals surface area contributed by atoms with E-state index in [2.05, 4.69) is 42.6 Å². The minimum Gasteiger partial charge on any atom is -0.311 e. The van der Waals surface area contributed by atoms with Crippen LogP contribution in [0.25, 0.3) is 0 Å². The van der Waals surface area contributed by atoms with E-state index in [0.717, 1.165) is 12.5 Å². The average Bonchev–Trinajstić information content (AvgIpc) is 2.13. The molecule has 1 aliphatic rings. The maximum Gasteiger partial charge on any atom is 0.00817 e. The van der Waals surface area contributed by atoms with Crippen molar-refractivity contribution < 1.29 is 0 Å². The standard InChI is InChI=1S/C13H19N/c1-11(14-13-8-5-9-13)10-12-6-3-2-4-7-12/h2-4,6-7,11,13-14H,5,8-10H2,1H3/t11-/m1/s1. The summed E-state index contributed by atoms with van der Waals surface area (Å²) in [4.78, 5) is 0. The van der Waals surface area contributed by atoms with E-state index in [-0.39, 0.29) is 0 Å². The molecular formula is C13H19N. The van der Waals surface area contributed by atoms with Gasteiger partial charge in [0.15, 0.2) is 0 Å².